The molecule has 16 heavy (non-hydrogen) atoms. The molecular weight excluding hydrogens is 198 g/mol. The molecule has 0 amide bonds. The molecule has 0 bridgehead atoms. The monoisotopic (exact) mass is 223 g/mol. The maximum absolute atomic E-state index is 10.6. The number of likely N-dealkylation sites (tertiary alicyclic amines) is 1. The van der Waals surface area contributed by atoms with Crippen LogP contribution in [-0.2, 0) is 0 Å². The minimum atomic E-state index is -0.0411. The topological polar surface area (TPSA) is 23.5 Å². The van der Waals surface area contributed by atoms with Crippen molar-refractivity contribution in [3.63, 3.8) is 0 Å². The molecule has 2 aliphatic carbocycles. The molecule has 0 aromatic heterocycles. The molecule has 2 heteroatoms. The van der Waals surface area contributed by atoms with Crippen LogP contribution in [0.3, 0.4) is 0 Å². The van der Waals surface area contributed by atoms with Gasteiger partial charge in [-0.2, -0.15) is 0 Å². The lowest BCUT2D eigenvalue weighted by Gasteiger charge is -2.43. The number of aliphatic hydroxyl groups excluding tert-OH is 1. The smallest absolute Gasteiger partial charge is 0.0726 e. The van der Waals surface area contributed by atoms with E-state index < -0.39 is 0 Å². The first-order valence-corrected chi connectivity index (χ1v) is 7.24. The fourth-order valence-corrected chi connectivity index (χ4v) is 3.90. The first-order chi connectivity index (χ1) is 7.81. The van der Waals surface area contributed by atoms with Crippen molar-refractivity contribution in [1.82, 2.24) is 4.90 Å². The molecule has 3 aliphatic rings. The summed E-state index contributed by atoms with van der Waals surface area (Å²) in [5, 5.41) is 10.6. The Morgan fingerprint density at radius 3 is 2.25 bits per heavy atom. The van der Waals surface area contributed by atoms with Gasteiger partial charge in [0.1, 0.15) is 0 Å². The molecule has 1 aliphatic heterocycles. The highest BCUT2D eigenvalue weighted by atomic mass is 16.3. The highest BCUT2D eigenvalue weighted by molar-refractivity contribution is 5.02. The summed E-state index contributed by atoms with van der Waals surface area (Å²) in [5.74, 6) is 0.857. The molecule has 2 saturated carbocycles. The second-order valence-electron chi connectivity index (χ2n) is 6.20. The van der Waals surface area contributed by atoms with Gasteiger partial charge in [-0.1, -0.05) is 25.7 Å². The van der Waals surface area contributed by atoms with Gasteiger partial charge in [-0.05, 0) is 51.1 Å². The minimum Gasteiger partial charge on any atom is -0.391 e. The Kier molecular flexibility index (Phi) is 2.97. The van der Waals surface area contributed by atoms with E-state index in [1.165, 1.54) is 64.5 Å². The number of hydrogen-bond acceptors (Lipinski definition) is 2. The molecule has 1 saturated heterocycles. The maximum atomic E-state index is 10.6. The van der Waals surface area contributed by atoms with Gasteiger partial charge in [0.05, 0.1) is 6.10 Å². The second-order valence-corrected chi connectivity index (χ2v) is 6.20. The third-order valence-electron chi connectivity index (χ3n) is 5.08. The quantitative estimate of drug-likeness (QED) is 0.792. The van der Waals surface area contributed by atoms with E-state index in [0.29, 0.717) is 0 Å². The van der Waals surface area contributed by atoms with Gasteiger partial charge in [-0.15, -0.1) is 0 Å². The van der Waals surface area contributed by atoms with Gasteiger partial charge in [-0.3, -0.25) is 4.90 Å². The highest BCUT2D eigenvalue weighted by Crippen LogP contribution is 2.44. The predicted molar refractivity (Wildman–Crippen MR) is 65.4 cm³/mol. The van der Waals surface area contributed by atoms with Crippen LogP contribution in [0.4, 0.5) is 0 Å². The van der Waals surface area contributed by atoms with Crippen molar-refractivity contribution in [2.75, 3.05) is 13.1 Å². The van der Waals surface area contributed by atoms with E-state index in [9.17, 15) is 5.11 Å². The molecule has 0 spiro atoms. The van der Waals surface area contributed by atoms with Gasteiger partial charge in [0.2, 0.25) is 0 Å². The van der Waals surface area contributed by atoms with Crippen LogP contribution in [0.5, 0.6) is 0 Å². The summed E-state index contributed by atoms with van der Waals surface area (Å²) in [6.45, 7) is 2.48. The predicted octanol–water partition coefficient (Wildman–Crippen LogP) is 2.56. The van der Waals surface area contributed by atoms with Crippen LogP contribution >= 0.6 is 0 Å². The molecular formula is C14H25NO. The second kappa shape index (κ2) is 4.30. The lowest BCUT2D eigenvalue weighted by Crippen LogP contribution is -2.54. The Labute approximate surface area is 99.0 Å². The third-order valence-corrected chi connectivity index (χ3v) is 5.08. The van der Waals surface area contributed by atoms with Crippen LogP contribution in [0.25, 0.3) is 0 Å². The molecule has 0 aromatic rings. The number of nitrogens with zero attached hydrogens (tertiary/aromatic N) is 1. The summed E-state index contributed by atoms with van der Waals surface area (Å²) in [5.41, 5.74) is 0.194. The molecule has 3 fully saturated rings. The Bertz CT molecular complexity index is 237. The van der Waals surface area contributed by atoms with Crippen LogP contribution in [0.15, 0.2) is 0 Å². The van der Waals surface area contributed by atoms with Gasteiger partial charge >= 0.3 is 0 Å². The Morgan fingerprint density at radius 2 is 1.69 bits per heavy atom. The van der Waals surface area contributed by atoms with Crippen LogP contribution < -0.4 is 0 Å². The first kappa shape index (κ1) is 11.0. The molecule has 92 valence electrons. The van der Waals surface area contributed by atoms with E-state index >= 15 is 0 Å². The number of aliphatic hydroxyl groups is 1. The first-order valence-electron chi connectivity index (χ1n) is 7.24. The van der Waals surface area contributed by atoms with Crippen molar-refractivity contribution in [1.29, 1.82) is 0 Å². The van der Waals surface area contributed by atoms with Crippen molar-refractivity contribution >= 4 is 0 Å². The van der Waals surface area contributed by atoms with E-state index in [-0.39, 0.29) is 11.6 Å². The van der Waals surface area contributed by atoms with Gasteiger partial charge in [0.25, 0.3) is 0 Å². The van der Waals surface area contributed by atoms with Gasteiger partial charge in [0, 0.05) is 5.54 Å². The zero-order valence-electron chi connectivity index (χ0n) is 10.3. The molecule has 1 heterocycles. The van der Waals surface area contributed by atoms with Gasteiger partial charge < -0.3 is 5.11 Å². The minimum absolute atomic E-state index is 0.0411. The molecule has 1 unspecified atom stereocenters. The fourth-order valence-electron chi connectivity index (χ4n) is 3.90. The van der Waals surface area contributed by atoms with Crippen molar-refractivity contribution in [3.05, 3.63) is 0 Å². The summed E-state index contributed by atoms with van der Waals surface area (Å²) >= 11 is 0. The number of rotatable bonds is 4. The summed E-state index contributed by atoms with van der Waals surface area (Å²) in [6.07, 6.45) is 11.6. The summed E-state index contributed by atoms with van der Waals surface area (Å²) in [6, 6.07) is 0. The average Bonchev–Trinajstić information content (AvgIpc) is 2.84. The Morgan fingerprint density at radius 1 is 1.06 bits per heavy atom. The third kappa shape index (κ3) is 1.91. The highest BCUT2D eigenvalue weighted by Gasteiger charge is 2.47. The van der Waals surface area contributed by atoms with E-state index in [2.05, 4.69) is 4.90 Å². The van der Waals surface area contributed by atoms with Crippen molar-refractivity contribution in [3.8, 4) is 0 Å². The van der Waals surface area contributed by atoms with Gasteiger partial charge in [-0.25, -0.2) is 0 Å². The van der Waals surface area contributed by atoms with E-state index in [4.69, 9.17) is 0 Å². The standard InChI is InChI=1S/C14H25NO/c16-13(11-12-5-6-12)14(7-1-2-8-14)15-9-3-4-10-15/h12-13,16H,1-11H2. The van der Waals surface area contributed by atoms with Crippen LogP contribution in [0.2, 0.25) is 0 Å². The van der Waals surface area contributed by atoms with Crippen molar-refractivity contribution < 1.29 is 5.11 Å². The molecule has 1 N–H and O–H groups in total. The largest absolute Gasteiger partial charge is 0.391 e. The molecule has 0 aromatic carbocycles. The maximum Gasteiger partial charge on any atom is 0.0726 e. The molecule has 3 rings (SSSR count). The Hall–Kier alpha value is -0.0800. The van der Waals surface area contributed by atoms with Crippen molar-refractivity contribution in [2.24, 2.45) is 5.92 Å². The zero-order chi connectivity index (χ0) is 11.0. The van der Waals surface area contributed by atoms with E-state index in [0.717, 1.165) is 12.3 Å². The number of hydrogen-bond donors (Lipinski definition) is 1. The molecule has 2 nitrogen and oxygen atoms in total. The van der Waals surface area contributed by atoms with Crippen LogP contribution in [0, 0.1) is 5.92 Å². The average molecular weight is 223 g/mol. The molecule has 1 atom stereocenters. The van der Waals surface area contributed by atoms with Crippen molar-refractivity contribution in [2.45, 2.75) is 69.4 Å². The SMILES string of the molecule is OC(CC1CC1)C1(N2CCCC2)CCCC1. The summed E-state index contributed by atoms with van der Waals surface area (Å²) in [7, 11) is 0. The van der Waals surface area contributed by atoms with Crippen LogP contribution in [0.1, 0.15) is 57.8 Å². The summed E-state index contributed by atoms with van der Waals surface area (Å²) in [4.78, 5) is 2.63. The van der Waals surface area contributed by atoms with E-state index in [1.807, 2.05) is 0 Å². The Balaban J connectivity index is 1.71. The van der Waals surface area contributed by atoms with Crippen LogP contribution in [-0.4, -0.2) is 34.7 Å². The zero-order valence-corrected chi connectivity index (χ0v) is 10.3. The van der Waals surface area contributed by atoms with Gasteiger partial charge in [0.15, 0.2) is 0 Å². The molecule has 0 radical (unpaired) electrons. The fraction of sp³-hybridized carbons (Fsp3) is 1.00. The lowest BCUT2D eigenvalue weighted by molar-refractivity contribution is -0.0247. The summed E-state index contributed by atoms with van der Waals surface area (Å²) < 4.78 is 0. The van der Waals surface area contributed by atoms with E-state index in [1.54, 1.807) is 0 Å². The lowest BCUT2D eigenvalue weighted by atomic mass is 9.85. The normalized spacial score (nSPS) is 32.1.